The molecule has 0 aliphatic carbocycles. The van der Waals surface area contributed by atoms with E-state index < -0.39 is 0 Å². The molecule has 0 fully saturated rings. The average molecular weight is 274 g/mol. The Kier molecular flexibility index (Phi) is 3.89. The molecule has 0 radical (unpaired) electrons. The third-order valence-electron chi connectivity index (χ3n) is 2.86. The van der Waals surface area contributed by atoms with E-state index >= 15 is 0 Å². The van der Waals surface area contributed by atoms with Gasteiger partial charge in [-0.1, -0.05) is 0 Å². The number of hydrogen-bond donors (Lipinski definition) is 2. The monoisotopic (exact) mass is 274 g/mol. The lowest BCUT2D eigenvalue weighted by molar-refractivity contribution is 0.0963. The molecule has 0 bridgehead atoms. The van der Waals surface area contributed by atoms with Crippen LogP contribution in [0.3, 0.4) is 0 Å². The molecule has 20 heavy (non-hydrogen) atoms. The number of carbonyl (C=O) groups excluding carboxylic acids is 1. The second kappa shape index (κ2) is 5.61. The number of nitrogens with one attached hydrogen (secondary N) is 1. The highest BCUT2D eigenvalue weighted by Gasteiger charge is 2.09. The minimum atomic E-state index is -0.301. The van der Waals surface area contributed by atoms with E-state index in [4.69, 9.17) is 10.5 Å². The van der Waals surface area contributed by atoms with Crippen LogP contribution in [0.5, 0.6) is 11.5 Å². The molecule has 2 rings (SSSR count). The molecule has 0 unspecified atom stereocenters. The Morgan fingerprint density at radius 3 is 2.65 bits per heavy atom. The molecule has 0 saturated carbocycles. The summed E-state index contributed by atoms with van der Waals surface area (Å²) >= 11 is 0. The highest BCUT2D eigenvalue weighted by molar-refractivity contribution is 5.95. The summed E-state index contributed by atoms with van der Waals surface area (Å²) in [5.41, 5.74) is 7.13. The largest absolute Gasteiger partial charge is 0.455 e. The molecular formula is C15H15FN2O2. The molecule has 3 N–H and O–H groups in total. The molecule has 0 aromatic heterocycles. The van der Waals surface area contributed by atoms with E-state index in [1.54, 1.807) is 38.2 Å². The predicted octanol–water partition coefficient (Wildman–Crippen LogP) is 2.87. The fourth-order valence-electron chi connectivity index (χ4n) is 1.72. The Balaban J connectivity index is 2.32. The van der Waals surface area contributed by atoms with Crippen LogP contribution < -0.4 is 15.8 Å². The third kappa shape index (κ3) is 2.88. The molecule has 0 heterocycles. The van der Waals surface area contributed by atoms with Crippen molar-refractivity contribution in [1.82, 2.24) is 5.32 Å². The van der Waals surface area contributed by atoms with Crippen molar-refractivity contribution in [2.24, 2.45) is 0 Å². The Labute approximate surface area is 116 Å². The maximum atomic E-state index is 13.2. The number of aryl methyl sites for hydroxylation is 1. The number of rotatable bonds is 3. The van der Waals surface area contributed by atoms with Crippen LogP contribution in [0.1, 0.15) is 15.9 Å². The van der Waals surface area contributed by atoms with Gasteiger partial charge in [-0.25, -0.2) is 4.39 Å². The van der Waals surface area contributed by atoms with Crippen LogP contribution in [0.15, 0.2) is 36.4 Å². The Morgan fingerprint density at radius 1 is 1.25 bits per heavy atom. The molecule has 4 nitrogen and oxygen atoms in total. The standard InChI is InChI=1S/C15H15FN2O2/c1-9-7-11(4-5-12(9)16)20-14-8-10(15(19)18-2)3-6-13(14)17/h3-8H,17H2,1-2H3,(H,18,19). The fourth-order valence-corrected chi connectivity index (χ4v) is 1.72. The first-order valence-corrected chi connectivity index (χ1v) is 6.07. The van der Waals surface area contributed by atoms with Crippen LogP contribution in [0.25, 0.3) is 0 Å². The summed E-state index contributed by atoms with van der Waals surface area (Å²) in [6.45, 7) is 1.65. The summed E-state index contributed by atoms with van der Waals surface area (Å²) in [4.78, 5) is 11.6. The second-order valence-electron chi connectivity index (χ2n) is 4.34. The van der Waals surface area contributed by atoms with Crippen molar-refractivity contribution in [3.63, 3.8) is 0 Å². The molecular weight excluding hydrogens is 259 g/mol. The van der Waals surface area contributed by atoms with Crippen molar-refractivity contribution in [1.29, 1.82) is 0 Å². The lowest BCUT2D eigenvalue weighted by Crippen LogP contribution is -2.17. The minimum absolute atomic E-state index is 0.231. The molecule has 0 aliphatic rings. The van der Waals surface area contributed by atoms with Gasteiger partial charge in [-0.3, -0.25) is 4.79 Å². The number of halogens is 1. The van der Waals surface area contributed by atoms with Crippen LogP contribution in [0.4, 0.5) is 10.1 Å². The number of benzene rings is 2. The van der Waals surface area contributed by atoms with Gasteiger partial charge in [-0.15, -0.1) is 0 Å². The zero-order chi connectivity index (χ0) is 14.7. The van der Waals surface area contributed by atoms with Gasteiger partial charge in [0, 0.05) is 12.6 Å². The van der Waals surface area contributed by atoms with Crippen LogP contribution in [0.2, 0.25) is 0 Å². The van der Waals surface area contributed by atoms with Crippen molar-refractivity contribution >= 4 is 11.6 Å². The Bertz CT molecular complexity index is 656. The van der Waals surface area contributed by atoms with Gasteiger partial charge in [0.2, 0.25) is 0 Å². The van der Waals surface area contributed by atoms with Gasteiger partial charge in [0.1, 0.15) is 11.6 Å². The number of ether oxygens (including phenoxy) is 1. The molecule has 0 saturated heterocycles. The summed E-state index contributed by atoms with van der Waals surface area (Å²) < 4.78 is 18.8. The molecule has 1 amide bonds. The summed E-state index contributed by atoms with van der Waals surface area (Å²) in [5.74, 6) is 0.288. The van der Waals surface area contributed by atoms with E-state index in [9.17, 15) is 9.18 Å². The maximum absolute atomic E-state index is 13.2. The van der Waals surface area contributed by atoms with Gasteiger partial charge < -0.3 is 15.8 Å². The lowest BCUT2D eigenvalue weighted by Gasteiger charge is -2.10. The van der Waals surface area contributed by atoms with Gasteiger partial charge >= 0.3 is 0 Å². The molecule has 2 aromatic carbocycles. The van der Waals surface area contributed by atoms with Crippen LogP contribution in [-0.4, -0.2) is 13.0 Å². The lowest BCUT2D eigenvalue weighted by atomic mass is 10.1. The van der Waals surface area contributed by atoms with E-state index in [0.29, 0.717) is 28.3 Å². The highest BCUT2D eigenvalue weighted by atomic mass is 19.1. The Hall–Kier alpha value is -2.56. The fraction of sp³-hybridized carbons (Fsp3) is 0.133. The molecule has 2 aromatic rings. The van der Waals surface area contributed by atoms with E-state index in [1.807, 2.05) is 0 Å². The quantitative estimate of drug-likeness (QED) is 0.846. The van der Waals surface area contributed by atoms with Gasteiger partial charge in [-0.2, -0.15) is 0 Å². The van der Waals surface area contributed by atoms with Gasteiger partial charge in [-0.05, 0) is 48.9 Å². The van der Waals surface area contributed by atoms with Crippen LogP contribution >= 0.6 is 0 Å². The number of nitrogen functional groups attached to an aromatic ring is 1. The predicted molar refractivity (Wildman–Crippen MR) is 75.5 cm³/mol. The number of anilines is 1. The van der Waals surface area contributed by atoms with E-state index in [0.717, 1.165) is 0 Å². The van der Waals surface area contributed by atoms with E-state index in [-0.39, 0.29) is 11.7 Å². The van der Waals surface area contributed by atoms with Crippen molar-refractivity contribution in [2.45, 2.75) is 6.92 Å². The molecule has 0 spiro atoms. The summed E-state index contributed by atoms with van der Waals surface area (Å²) in [6, 6.07) is 9.15. The maximum Gasteiger partial charge on any atom is 0.251 e. The Morgan fingerprint density at radius 2 is 2.00 bits per heavy atom. The zero-order valence-corrected chi connectivity index (χ0v) is 11.2. The summed E-state index contributed by atoms with van der Waals surface area (Å²) in [5, 5.41) is 2.52. The number of hydrogen-bond acceptors (Lipinski definition) is 3. The average Bonchev–Trinajstić information content (AvgIpc) is 2.44. The molecule has 0 aliphatic heterocycles. The zero-order valence-electron chi connectivity index (χ0n) is 11.2. The van der Waals surface area contributed by atoms with E-state index in [1.165, 1.54) is 12.1 Å². The van der Waals surface area contributed by atoms with E-state index in [2.05, 4.69) is 5.32 Å². The smallest absolute Gasteiger partial charge is 0.251 e. The van der Waals surface area contributed by atoms with Gasteiger partial charge in [0.05, 0.1) is 5.69 Å². The summed E-state index contributed by atoms with van der Waals surface area (Å²) in [7, 11) is 1.54. The SMILES string of the molecule is CNC(=O)c1ccc(N)c(Oc2ccc(F)c(C)c2)c1. The molecule has 104 valence electrons. The molecule has 0 atom stereocenters. The van der Waals surface area contributed by atoms with Crippen molar-refractivity contribution in [3.05, 3.63) is 53.3 Å². The number of carbonyl (C=O) groups is 1. The van der Waals surface area contributed by atoms with Gasteiger partial charge in [0.25, 0.3) is 5.91 Å². The summed E-state index contributed by atoms with van der Waals surface area (Å²) in [6.07, 6.45) is 0. The topological polar surface area (TPSA) is 64.4 Å². The first-order chi connectivity index (χ1) is 9.51. The van der Waals surface area contributed by atoms with Crippen molar-refractivity contribution in [3.8, 4) is 11.5 Å². The first-order valence-electron chi connectivity index (χ1n) is 6.07. The third-order valence-corrected chi connectivity index (χ3v) is 2.86. The normalized spacial score (nSPS) is 10.2. The van der Waals surface area contributed by atoms with Gasteiger partial charge in [0.15, 0.2) is 5.75 Å². The highest BCUT2D eigenvalue weighted by Crippen LogP contribution is 2.29. The number of amides is 1. The second-order valence-corrected chi connectivity index (χ2v) is 4.34. The molecule has 5 heteroatoms. The van der Waals surface area contributed by atoms with Crippen molar-refractivity contribution < 1.29 is 13.9 Å². The van der Waals surface area contributed by atoms with Crippen molar-refractivity contribution in [2.75, 3.05) is 12.8 Å². The number of nitrogens with two attached hydrogens (primary N) is 1. The van der Waals surface area contributed by atoms with Crippen LogP contribution in [0, 0.1) is 12.7 Å². The first kappa shape index (κ1) is 13.9. The van der Waals surface area contributed by atoms with Crippen LogP contribution in [-0.2, 0) is 0 Å². The minimum Gasteiger partial charge on any atom is -0.455 e.